The standard InChI is InChI=1S/C21H25NO4/c1-24-13-14-25-20-8-4-5-16(15-20)21(23)22-17-9-11-19(12-10-17)26-18-6-2-3-7-18/h4-5,8-12,15,18H,2-3,6-7,13-14H2,1H3,(H,22,23). The molecule has 1 saturated carbocycles. The molecule has 0 spiro atoms. The first-order chi connectivity index (χ1) is 12.7. The second kappa shape index (κ2) is 9.25. The largest absolute Gasteiger partial charge is 0.491 e. The van der Waals surface area contributed by atoms with Gasteiger partial charge in [0.25, 0.3) is 5.91 Å². The van der Waals surface area contributed by atoms with E-state index in [1.807, 2.05) is 30.3 Å². The number of carbonyl (C=O) groups excluding carboxylic acids is 1. The molecule has 3 rings (SSSR count). The average molecular weight is 355 g/mol. The lowest BCUT2D eigenvalue weighted by Crippen LogP contribution is -2.13. The predicted molar refractivity (Wildman–Crippen MR) is 101 cm³/mol. The van der Waals surface area contributed by atoms with Gasteiger partial charge in [-0.2, -0.15) is 0 Å². The second-order valence-corrected chi connectivity index (χ2v) is 6.37. The number of rotatable bonds is 8. The Morgan fingerprint density at radius 1 is 1.04 bits per heavy atom. The number of hydrogen-bond donors (Lipinski definition) is 1. The highest BCUT2D eigenvalue weighted by Gasteiger charge is 2.16. The number of carbonyl (C=O) groups is 1. The molecular formula is C21H25NO4. The van der Waals surface area contributed by atoms with Gasteiger partial charge in [0.2, 0.25) is 0 Å². The van der Waals surface area contributed by atoms with E-state index in [9.17, 15) is 4.79 Å². The van der Waals surface area contributed by atoms with Crippen molar-refractivity contribution in [1.82, 2.24) is 0 Å². The fourth-order valence-corrected chi connectivity index (χ4v) is 2.99. The van der Waals surface area contributed by atoms with Gasteiger partial charge < -0.3 is 19.5 Å². The van der Waals surface area contributed by atoms with Crippen molar-refractivity contribution in [1.29, 1.82) is 0 Å². The topological polar surface area (TPSA) is 56.8 Å². The number of nitrogens with one attached hydrogen (secondary N) is 1. The van der Waals surface area contributed by atoms with Crippen LogP contribution in [0.5, 0.6) is 11.5 Å². The first-order valence-corrected chi connectivity index (χ1v) is 9.04. The third kappa shape index (κ3) is 5.23. The van der Waals surface area contributed by atoms with Gasteiger partial charge in [0.15, 0.2) is 0 Å². The molecule has 1 aliphatic carbocycles. The summed E-state index contributed by atoms with van der Waals surface area (Å²) in [6.45, 7) is 0.954. The molecular weight excluding hydrogens is 330 g/mol. The molecule has 0 atom stereocenters. The van der Waals surface area contributed by atoms with Crippen LogP contribution < -0.4 is 14.8 Å². The molecule has 5 heteroatoms. The maximum Gasteiger partial charge on any atom is 0.255 e. The lowest BCUT2D eigenvalue weighted by Gasteiger charge is -2.13. The van der Waals surface area contributed by atoms with E-state index in [2.05, 4.69) is 5.32 Å². The number of benzene rings is 2. The highest BCUT2D eigenvalue weighted by atomic mass is 16.5. The summed E-state index contributed by atoms with van der Waals surface area (Å²) in [6, 6.07) is 14.6. The fraction of sp³-hybridized carbons (Fsp3) is 0.381. The molecule has 26 heavy (non-hydrogen) atoms. The van der Waals surface area contributed by atoms with E-state index in [-0.39, 0.29) is 5.91 Å². The molecule has 1 aliphatic rings. The smallest absolute Gasteiger partial charge is 0.255 e. The van der Waals surface area contributed by atoms with E-state index < -0.39 is 0 Å². The molecule has 138 valence electrons. The molecule has 5 nitrogen and oxygen atoms in total. The van der Waals surface area contributed by atoms with Crippen LogP contribution in [0, 0.1) is 0 Å². The van der Waals surface area contributed by atoms with Crippen molar-refractivity contribution < 1.29 is 19.0 Å². The van der Waals surface area contributed by atoms with Gasteiger partial charge in [0.1, 0.15) is 18.1 Å². The number of anilines is 1. The molecule has 1 amide bonds. The van der Waals surface area contributed by atoms with Gasteiger partial charge in [-0.25, -0.2) is 0 Å². The van der Waals surface area contributed by atoms with Crippen LogP contribution in [0.25, 0.3) is 0 Å². The van der Waals surface area contributed by atoms with Gasteiger partial charge >= 0.3 is 0 Å². The van der Waals surface area contributed by atoms with Crippen LogP contribution in [0.1, 0.15) is 36.0 Å². The minimum absolute atomic E-state index is 0.174. The van der Waals surface area contributed by atoms with Crippen molar-refractivity contribution in [3.8, 4) is 11.5 Å². The van der Waals surface area contributed by atoms with E-state index in [4.69, 9.17) is 14.2 Å². The number of ether oxygens (including phenoxy) is 3. The Balaban J connectivity index is 1.56. The average Bonchev–Trinajstić information content (AvgIpc) is 3.17. The van der Waals surface area contributed by atoms with Crippen molar-refractivity contribution in [2.75, 3.05) is 25.6 Å². The van der Waals surface area contributed by atoms with E-state index in [0.717, 1.165) is 24.3 Å². The highest BCUT2D eigenvalue weighted by Crippen LogP contribution is 2.25. The molecule has 0 bridgehead atoms. The minimum Gasteiger partial charge on any atom is -0.491 e. The Kier molecular flexibility index (Phi) is 6.50. The van der Waals surface area contributed by atoms with E-state index in [1.165, 1.54) is 12.8 Å². The maximum atomic E-state index is 12.4. The van der Waals surface area contributed by atoms with Crippen LogP contribution in [0.15, 0.2) is 48.5 Å². The van der Waals surface area contributed by atoms with Crippen LogP contribution >= 0.6 is 0 Å². The summed E-state index contributed by atoms with van der Waals surface area (Å²) in [7, 11) is 1.62. The normalized spacial score (nSPS) is 14.2. The van der Waals surface area contributed by atoms with Crippen molar-refractivity contribution >= 4 is 11.6 Å². The molecule has 0 radical (unpaired) electrons. The van der Waals surface area contributed by atoms with Crippen molar-refractivity contribution in [2.45, 2.75) is 31.8 Å². The zero-order chi connectivity index (χ0) is 18.2. The van der Waals surface area contributed by atoms with E-state index in [0.29, 0.717) is 30.6 Å². The first-order valence-electron chi connectivity index (χ1n) is 9.04. The lowest BCUT2D eigenvalue weighted by molar-refractivity contribution is 0.102. The maximum absolute atomic E-state index is 12.4. The van der Waals surface area contributed by atoms with Crippen LogP contribution in [0.3, 0.4) is 0 Å². The monoisotopic (exact) mass is 355 g/mol. The van der Waals surface area contributed by atoms with Gasteiger partial charge in [-0.1, -0.05) is 6.07 Å². The molecule has 0 aromatic heterocycles. The van der Waals surface area contributed by atoms with Gasteiger partial charge in [-0.3, -0.25) is 4.79 Å². The molecule has 0 heterocycles. The molecule has 1 N–H and O–H groups in total. The predicted octanol–water partition coefficient (Wildman–Crippen LogP) is 4.29. The van der Waals surface area contributed by atoms with Crippen LogP contribution in [-0.4, -0.2) is 32.3 Å². The highest BCUT2D eigenvalue weighted by molar-refractivity contribution is 6.04. The van der Waals surface area contributed by atoms with Crippen molar-refractivity contribution in [2.24, 2.45) is 0 Å². The third-order valence-electron chi connectivity index (χ3n) is 4.37. The second-order valence-electron chi connectivity index (χ2n) is 6.37. The summed E-state index contributed by atoms with van der Waals surface area (Å²) in [5, 5.41) is 2.90. The van der Waals surface area contributed by atoms with E-state index in [1.54, 1.807) is 25.3 Å². The summed E-state index contributed by atoms with van der Waals surface area (Å²) in [5.74, 6) is 1.32. The van der Waals surface area contributed by atoms with Crippen LogP contribution in [-0.2, 0) is 4.74 Å². The number of hydrogen-bond acceptors (Lipinski definition) is 4. The first kappa shape index (κ1) is 18.3. The molecule has 1 fully saturated rings. The Labute approximate surface area is 154 Å². The molecule has 0 aliphatic heterocycles. The van der Waals surface area contributed by atoms with Crippen molar-refractivity contribution in [3.05, 3.63) is 54.1 Å². The quantitative estimate of drug-likeness (QED) is 0.718. The number of methoxy groups -OCH3 is 1. The Bertz CT molecular complexity index is 708. The van der Waals surface area contributed by atoms with Crippen molar-refractivity contribution in [3.63, 3.8) is 0 Å². The van der Waals surface area contributed by atoms with Gasteiger partial charge in [0.05, 0.1) is 12.7 Å². The molecule has 2 aromatic carbocycles. The third-order valence-corrected chi connectivity index (χ3v) is 4.37. The van der Waals surface area contributed by atoms with Crippen LogP contribution in [0.2, 0.25) is 0 Å². The summed E-state index contributed by atoms with van der Waals surface area (Å²) in [6.07, 6.45) is 5.07. The number of amides is 1. The fourth-order valence-electron chi connectivity index (χ4n) is 2.99. The summed E-state index contributed by atoms with van der Waals surface area (Å²) >= 11 is 0. The summed E-state index contributed by atoms with van der Waals surface area (Å²) < 4.78 is 16.4. The van der Waals surface area contributed by atoms with Gasteiger partial charge in [0, 0.05) is 18.4 Å². The Hall–Kier alpha value is -2.53. The summed E-state index contributed by atoms with van der Waals surface area (Å²) in [5.41, 5.74) is 1.28. The molecule has 0 saturated heterocycles. The molecule has 0 unspecified atom stereocenters. The minimum atomic E-state index is -0.174. The Morgan fingerprint density at radius 2 is 1.81 bits per heavy atom. The SMILES string of the molecule is COCCOc1cccc(C(=O)Nc2ccc(OC3CCCC3)cc2)c1. The van der Waals surface area contributed by atoms with Gasteiger partial charge in [-0.05, 0) is 68.1 Å². The zero-order valence-corrected chi connectivity index (χ0v) is 15.1. The zero-order valence-electron chi connectivity index (χ0n) is 15.1. The summed E-state index contributed by atoms with van der Waals surface area (Å²) in [4.78, 5) is 12.4. The Morgan fingerprint density at radius 3 is 2.54 bits per heavy atom. The van der Waals surface area contributed by atoms with Gasteiger partial charge in [-0.15, -0.1) is 0 Å². The van der Waals surface area contributed by atoms with E-state index >= 15 is 0 Å². The van der Waals surface area contributed by atoms with Crippen LogP contribution in [0.4, 0.5) is 5.69 Å². The lowest BCUT2D eigenvalue weighted by atomic mass is 10.2. The molecule has 2 aromatic rings.